The van der Waals surface area contributed by atoms with Gasteiger partial charge in [-0.05, 0) is 25.0 Å². The van der Waals surface area contributed by atoms with Crippen LogP contribution in [0.4, 0.5) is 0 Å². The highest BCUT2D eigenvalue weighted by Crippen LogP contribution is 2.28. The Morgan fingerprint density at radius 1 is 1.38 bits per heavy atom. The normalized spacial score (nSPS) is 10.9. The maximum atomic E-state index is 10.5. The summed E-state index contributed by atoms with van der Waals surface area (Å²) < 4.78 is 1.18. The number of carboxylic acids is 1. The smallest absolute Gasteiger partial charge is 0.303 e. The molecule has 0 atom stereocenters. The van der Waals surface area contributed by atoms with Crippen LogP contribution in [-0.2, 0) is 11.2 Å². The van der Waals surface area contributed by atoms with E-state index >= 15 is 0 Å². The van der Waals surface area contributed by atoms with Crippen LogP contribution in [0.3, 0.4) is 0 Å². The van der Waals surface area contributed by atoms with E-state index < -0.39 is 5.97 Å². The minimum Gasteiger partial charge on any atom is -0.481 e. The lowest BCUT2D eigenvalue weighted by molar-refractivity contribution is -0.136. The SMILES string of the molecule is Cc1ccc(C)c2sc(CCC(=O)O)nc12. The Kier molecular flexibility index (Phi) is 2.92. The molecule has 1 N–H and O–H groups in total. The number of benzene rings is 1. The zero-order valence-corrected chi connectivity index (χ0v) is 10.1. The minimum atomic E-state index is -0.771. The van der Waals surface area contributed by atoms with Crippen molar-refractivity contribution in [3.63, 3.8) is 0 Å². The molecule has 2 rings (SSSR count). The van der Waals surface area contributed by atoms with Crippen molar-refractivity contribution < 1.29 is 9.90 Å². The number of aliphatic carboxylic acids is 1. The molecule has 0 aliphatic rings. The summed E-state index contributed by atoms with van der Waals surface area (Å²) in [6.07, 6.45) is 0.672. The predicted molar refractivity (Wildman–Crippen MR) is 65.1 cm³/mol. The first kappa shape index (κ1) is 11.1. The predicted octanol–water partition coefficient (Wildman–Crippen LogP) is 2.93. The molecule has 0 amide bonds. The Labute approximate surface area is 97.8 Å². The van der Waals surface area contributed by atoms with Gasteiger partial charge >= 0.3 is 5.97 Å². The van der Waals surface area contributed by atoms with Crippen molar-refractivity contribution in [3.05, 3.63) is 28.3 Å². The minimum absolute atomic E-state index is 0.151. The fourth-order valence-electron chi connectivity index (χ4n) is 1.62. The molecule has 0 unspecified atom stereocenters. The standard InChI is InChI=1S/C12H13NO2S/c1-7-3-4-8(2)12-11(7)13-9(16-12)5-6-10(14)15/h3-4H,5-6H2,1-2H3,(H,14,15). The van der Waals surface area contributed by atoms with Gasteiger partial charge in [0.05, 0.1) is 21.6 Å². The van der Waals surface area contributed by atoms with Gasteiger partial charge in [0.2, 0.25) is 0 Å². The number of nitrogens with zero attached hydrogens (tertiary/aromatic N) is 1. The summed E-state index contributed by atoms with van der Waals surface area (Å²) in [6, 6.07) is 4.13. The fraction of sp³-hybridized carbons (Fsp3) is 0.333. The molecule has 1 aromatic heterocycles. The third kappa shape index (κ3) is 2.07. The van der Waals surface area contributed by atoms with Gasteiger partial charge in [-0.15, -0.1) is 11.3 Å². The van der Waals surface area contributed by atoms with Crippen LogP contribution in [0.5, 0.6) is 0 Å². The second-order valence-electron chi connectivity index (χ2n) is 3.88. The molecule has 0 saturated carbocycles. The number of aryl methyl sites for hydroxylation is 3. The maximum absolute atomic E-state index is 10.5. The highest BCUT2D eigenvalue weighted by atomic mass is 32.1. The van der Waals surface area contributed by atoms with Gasteiger partial charge in [0.15, 0.2) is 0 Å². The zero-order valence-electron chi connectivity index (χ0n) is 9.28. The van der Waals surface area contributed by atoms with Crippen molar-refractivity contribution in [2.45, 2.75) is 26.7 Å². The molecule has 0 bridgehead atoms. The summed E-state index contributed by atoms with van der Waals surface area (Å²) in [4.78, 5) is 15.0. The molecule has 0 spiro atoms. The molecule has 1 aromatic carbocycles. The van der Waals surface area contributed by atoms with Crippen LogP contribution in [-0.4, -0.2) is 16.1 Å². The summed E-state index contributed by atoms with van der Waals surface area (Å²) in [6.45, 7) is 4.09. The lowest BCUT2D eigenvalue weighted by atomic mass is 10.1. The molecular weight excluding hydrogens is 222 g/mol. The molecule has 1 heterocycles. The average Bonchev–Trinajstić information content (AvgIpc) is 2.66. The van der Waals surface area contributed by atoms with Crippen molar-refractivity contribution in [3.8, 4) is 0 Å². The van der Waals surface area contributed by atoms with Gasteiger partial charge in [-0.3, -0.25) is 4.79 Å². The Morgan fingerprint density at radius 3 is 2.69 bits per heavy atom. The maximum Gasteiger partial charge on any atom is 0.303 e. The molecule has 0 aliphatic carbocycles. The van der Waals surface area contributed by atoms with Crippen LogP contribution >= 0.6 is 11.3 Å². The van der Waals surface area contributed by atoms with Gasteiger partial charge in [0.1, 0.15) is 0 Å². The molecule has 3 nitrogen and oxygen atoms in total. The molecule has 0 saturated heterocycles. The topological polar surface area (TPSA) is 50.2 Å². The number of carboxylic acid groups (broad SMARTS) is 1. The van der Waals surface area contributed by atoms with Crippen molar-refractivity contribution in [1.82, 2.24) is 4.98 Å². The summed E-state index contributed by atoms with van der Waals surface area (Å²) in [5.74, 6) is -0.771. The van der Waals surface area contributed by atoms with E-state index in [4.69, 9.17) is 5.11 Å². The second-order valence-corrected chi connectivity index (χ2v) is 4.96. The number of hydrogen-bond acceptors (Lipinski definition) is 3. The van der Waals surface area contributed by atoms with E-state index in [-0.39, 0.29) is 6.42 Å². The lowest BCUT2D eigenvalue weighted by Gasteiger charge is -1.96. The van der Waals surface area contributed by atoms with Gasteiger partial charge in [0, 0.05) is 6.42 Å². The number of rotatable bonds is 3. The first-order valence-electron chi connectivity index (χ1n) is 5.15. The Hall–Kier alpha value is -1.42. The summed E-state index contributed by atoms with van der Waals surface area (Å²) in [7, 11) is 0. The zero-order chi connectivity index (χ0) is 11.7. The van der Waals surface area contributed by atoms with E-state index in [1.54, 1.807) is 11.3 Å². The molecule has 0 fully saturated rings. The average molecular weight is 235 g/mol. The van der Waals surface area contributed by atoms with Gasteiger partial charge < -0.3 is 5.11 Å². The lowest BCUT2D eigenvalue weighted by Crippen LogP contribution is -1.96. The molecule has 4 heteroatoms. The quantitative estimate of drug-likeness (QED) is 0.889. The second kappa shape index (κ2) is 4.22. The van der Waals surface area contributed by atoms with Gasteiger partial charge in [0.25, 0.3) is 0 Å². The van der Waals surface area contributed by atoms with Crippen LogP contribution in [0.25, 0.3) is 10.2 Å². The number of aromatic nitrogens is 1. The van der Waals surface area contributed by atoms with Crippen molar-refractivity contribution in [2.75, 3.05) is 0 Å². The van der Waals surface area contributed by atoms with Crippen molar-refractivity contribution in [2.24, 2.45) is 0 Å². The molecule has 84 valence electrons. The number of thiazole rings is 1. The Bertz CT molecular complexity index is 506. The molecular formula is C12H13NO2S. The fourth-order valence-corrected chi connectivity index (χ4v) is 2.73. The largest absolute Gasteiger partial charge is 0.481 e. The first-order valence-corrected chi connectivity index (χ1v) is 5.97. The Morgan fingerprint density at radius 2 is 2.06 bits per heavy atom. The Balaban J connectivity index is 2.39. The number of carbonyl (C=O) groups is 1. The van der Waals surface area contributed by atoms with Gasteiger partial charge in [-0.2, -0.15) is 0 Å². The monoisotopic (exact) mass is 235 g/mol. The highest BCUT2D eigenvalue weighted by molar-refractivity contribution is 7.18. The van der Waals surface area contributed by atoms with Crippen LogP contribution < -0.4 is 0 Å². The summed E-state index contributed by atoms with van der Waals surface area (Å²) in [5.41, 5.74) is 3.38. The van der Waals surface area contributed by atoms with E-state index in [9.17, 15) is 4.79 Å². The molecule has 16 heavy (non-hydrogen) atoms. The highest BCUT2D eigenvalue weighted by Gasteiger charge is 2.09. The van der Waals surface area contributed by atoms with E-state index in [0.717, 1.165) is 16.1 Å². The van der Waals surface area contributed by atoms with Crippen LogP contribution in [0, 0.1) is 13.8 Å². The first-order chi connectivity index (χ1) is 7.58. The number of fused-ring (bicyclic) bond motifs is 1. The third-order valence-electron chi connectivity index (χ3n) is 2.54. The van der Waals surface area contributed by atoms with Crippen LogP contribution in [0.2, 0.25) is 0 Å². The van der Waals surface area contributed by atoms with E-state index in [0.29, 0.717) is 6.42 Å². The summed E-state index contributed by atoms with van der Waals surface area (Å²) in [5, 5.41) is 9.55. The van der Waals surface area contributed by atoms with Crippen molar-refractivity contribution >= 4 is 27.5 Å². The van der Waals surface area contributed by atoms with Crippen LogP contribution in [0.1, 0.15) is 22.6 Å². The molecule has 0 radical (unpaired) electrons. The van der Waals surface area contributed by atoms with Crippen LogP contribution in [0.15, 0.2) is 12.1 Å². The molecule has 0 aliphatic heterocycles. The number of hydrogen-bond donors (Lipinski definition) is 1. The van der Waals surface area contributed by atoms with E-state index in [1.165, 1.54) is 10.3 Å². The summed E-state index contributed by atoms with van der Waals surface area (Å²) >= 11 is 1.61. The van der Waals surface area contributed by atoms with Gasteiger partial charge in [-0.1, -0.05) is 12.1 Å². The third-order valence-corrected chi connectivity index (χ3v) is 3.79. The van der Waals surface area contributed by atoms with E-state index in [1.807, 2.05) is 6.92 Å². The van der Waals surface area contributed by atoms with Crippen molar-refractivity contribution in [1.29, 1.82) is 0 Å². The molecule has 2 aromatic rings. The van der Waals surface area contributed by atoms with Gasteiger partial charge in [-0.25, -0.2) is 4.98 Å². The van der Waals surface area contributed by atoms with E-state index in [2.05, 4.69) is 24.0 Å².